The topological polar surface area (TPSA) is 88.8 Å². The highest BCUT2D eigenvalue weighted by atomic mass is 32.2. The molecule has 2 aromatic carbocycles. The van der Waals surface area contributed by atoms with E-state index >= 15 is 0 Å². The zero-order valence-electron chi connectivity index (χ0n) is 17.9. The van der Waals surface area contributed by atoms with Gasteiger partial charge in [0.1, 0.15) is 11.4 Å². The fraction of sp³-hybridized carbons (Fsp3) is 0.261. The average molecular weight is 443 g/mol. The van der Waals surface area contributed by atoms with Crippen LogP contribution in [0.5, 0.6) is 5.75 Å². The maximum absolute atomic E-state index is 13.3. The molecule has 3 aromatic rings. The molecule has 164 valence electrons. The minimum absolute atomic E-state index is 0.0349. The zero-order valence-corrected chi connectivity index (χ0v) is 18.8. The van der Waals surface area contributed by atoms with Gasteiger partial charge in [-0.05, 0) is 50.1 Å². The number of rotatable bonds is 5. The number of benzene rings is 2. The molecule has 0 bridgehead atoms. The first-order chi connectivity index (χ1) is 14.5. The summed E-state index contributed by atoms with van der Waals surface area (Å²) in [5.74, 6) is -0.139. The number of hydrogen-bond donors (Lipinski definition) is 1. The Bertz CT molecular complexity index is 1180. The molecule has 0 radical (unpaired) electrons. The number of amides is 1. The number of carbonyl (C=O) groups excluding carboxylic acids is 1. The van der Waals surface area contributed by atoms with Crippen LogP contribution in [-0.4, -0.2) is 41.1 Å². The van der Waals surface area contributed by atoms with E-state index in [2.05, 4.69) is 0 Å². The van der Waals surface area contributed by atoms with Gasteiger partial charge >= 0.3 is 6.09 Å². The molecule has 1 N–H and O–H groups in total. The van der Waals surface area contributed by atoms with E-state index in [1.54, 1.807) is 33.9 Å². The summed E-state index contributed by atoms with van der Waals surface area (Å²) in [7, 11) is -2.39. The van der Waals surface area contributed by atoms with E-state index in [-0.39, 0.29) is 17.2 Å². The van der Waals surface area contributed by atoms with E-state index in [4.69, 9.17) is 4.74 Å². The Morgan fingerprint density at radius 3 is 2.35 bits per heavy atom. The average Bonchev–Trinajstić information content (AvgIpc) is 3.12. The van der Waals surface area contributed by atoms with Crippen molar-refractivity contribution >= 4 is 16.1 Å². The van der Waals surface area contributed by atoms with Gasteiger partial charge in [-0.1, -0.05) is 36.4 Å². The molecule has 7 nitrogen and oxygen atoms in total. The predicted octanol–water partition coefficient (Wildman–Crippen LogP) is 4.46. The molecule has 0 aliphatic carbocycles. The van der Waals surface area contributed by atoms with Crippen LogP contribution >= 0.6 is 0 Å². The van der Waals surface area contributed by atoms with Crippen LogP contribution < -0.4 is 0 Å². The molecule has 0 saturated heterocycles. The van der Waals surface area contributed by atoms with Crippen LogP contribution in [0.25, 0.3) is 11.3 Å². The summed E-state index contributed by atoms with van der Waals surface area (Å²) < 4.78 is 33.2. The molecule has 1 aromatic heterocycles. The molecule has 8 heteroatoms. The largest absolute Gasteiger partial charge is 0.508 e. The quantitative estimate of drug-likeness (QED) is 0.630. The van der Waals surface area contributed by atoms with Crippen LogP contribution in [0.1, 0.15) is 26.3 Å². The summed E-state index contributed by atoms with van der Waals surface area (Å²) in [4.78, 5) is 13.7. The Morgan fingerprint density at radius 2 is 1.74 bits per heavy atom. The fourth-order valence-electron chi connectivity index (χ4n) is 3.04. The number of hydrogen-bond acceptors (Lipinski definition) is 5. The maximum atomic E-state index is 13.3. The number of carbonyl (C=O) groups is 1. The van der Waals surface area contributed by atoms with Crippen molar-refractivity contribution in [3.05, 3.63) is 72.4 Å². The molecule has 0 fully saturated rings. The van der Waals surface area contributed by atoms with Crippen molar-refractivity contribution in [1.29, 1.82) is 0 Å². The van der Waals surface area contributed by atoms with Crippen LogP contribution in [0.3, 0.4) is 0 Å². The third-order valence-electron chi connectivity index (χ3n) is 4.41. The van der Waals surface area contributed by atoms with Gasteiger partial charge in [-0.3, -0.25) is 0 Å². The predicted molar refractivity (Wildman–Crippen MR) is 118 cm³/mol. The SMILES string of the molecule is CN(Cc1cc(-c2ccccc2)n(S(=O)(=O)c2cccc(O)c2)c1)C(=O)OC(C)(C)C. The van der Waals surface area contributed by atoms with Gasteiger partial charge < -0.3 is 14.7 Å². The molecule has 3 rings (SSSR count). The highest BCUT2D eigenvalue weighted by Crippen LogP contribution is 2.28. The fourth-order valence-corrected chi connectivity index (χ4v) is 4.48. The van der Waals surface area contributed by atoms with E-state index in [0.29, 0.717) is 16.8 Å². The molecule has 1 heterocycles. The molecule has 31 heavy (non-hydrogen) atoms. The molecular formula is C23H26N2O5S. The first kappa shape index (κ1) is 22.4. The van der Waals surface area contributed by atoms with Gasteiger partial charge in [0.15, 0.2) is 0 Å². The summed E-state index contributed by atoms with van der Waals surface area (Å²) in [6.07, 6.45) is 0.986. The number of aromatic hydroxyl groups is 1. The number of nitrogens with zero attached hydrogens (tertiary/aromatic N) is 2. The van der Waals surface area contributed by atoms with Gasteiger partial charge in [0.2, 0.25) is 0 Å². The number of ether oxygens (including phenoxy) is 1. The third kappa shape index (κ3) is 5.27. The Morgan fingerprint density at radius 1 is 1.06 bits per heavy atom. The Labute approximate surface area is 182 Å². The van der Waals surface area contributed by atoms with Gasteiger partial charge in [-0.25, -0.2) is 17.2 Å². The van der Waals surface area contributed by atoms with Gasteiger partial charge in [-0.2, -0.15) is 0 Å². The summed E-state index contributed by atoms with van der Waals surface area (Å²) in [6.45, 7) is 5.51. The van der Waals surface area contributed by atoms with Crippen LogP contribution in [-0.2, 0) is 21.3 Å². The van der Waals surface area contributed by atoms with E-state index < -0.39 is 21.7 Å². The highest BCUT2D eigenvalue weighted by Gasteiger charge is 2.24. The smallest absolute Gasteiger partial charge is 0.410 e. The summed E-state index contributed by atoms with van der Waals surface area (Å²) in [5, 5.41) is 9.76. The lowest BCUT2D eigenvalue weighted by molar-refractivity contribution is 0.0285. The van der Waals surface area contributed by atoms with Crippen molar-refractivity contribution in [2.75, 3.05) is 7.05 Å². The minimum Gasteiger partial charge on any atom is -0.508 e. The number of phenolic OH excluding ortho intramolecular Hbond substituents is 1. The van der Waals surface area contributed by atoms with Crippen LogP contribution in [0.15, 0.2) is 71.8 Å². The molecular weight excluding hydrogens is 416 g/mol. The molecule has 0 saturated carbocycles. The zero-order chi connectivity index (χ0) is 22.8. The number of phenols is 1. The Balaban J connectivity index is 2.03. The maximum Gasteiger partial charge on any atom is 0.410 e. The second-order valence-electron chi connectivity index (χ2n) is 8.23. The van der Waals surface area contributed by atoms with Crippen molar-refractivity contribution in [3.63, 3.8) is 0 Å². The van der Waals surface area contributed by atoms with Crippen molar-refractivity contribution in [1.82, 2.24) is 8.87 Å². The monoisotopic (exact) mass is 442 g/mol. The van der Waals surface area contributed by atoms with Crippen LogP contribution in [0.4, 0.5) is 4.79 Å². The van der Waals surface area contributed by atoms with Crippen LogP contribution in [0.2, 0.25) is 0 Å². The third-order valence-corrected chi connectivity index (χ3v) is 6.08. The molecule has 0 atom stereocenters. The van der Waals surface area contributed by atoms with Crippen molar-refractivity contribution in [2.45, 2.75) is 37.8 Å². The highest BCUT2D eigenvalue weighted by molar-refractivity contribution is 7.90. The second-order valence-corrected chi connectivity index (χ2v) is 10.0. The van der Waals surface area contributed by atoms with Crippen molar-refractivity contribution in [3.8, 4) is 17.0 Å². The lowest BCUT2D eigenvalue weighted by Crippen LogP contribution is -2.33. The Hall–Kier alpha value is -3.26. The van der Waals surface area contributed by atoms with Crippen molar-refractivity contribution in [2.24, 2.45) is 0 Å². The van der Waals surface area contributed by atoms with E-state index in [0.717, 1.165) is 0 Å². The van der Waals surface area contributed by atoms with E-state index in [1.807, 2.05) is 30.3 Å². The first-order valence-electron chi connectivity index (χ1n) is 9.73. The lowest BCUT2D eigenvalue weighted by Gasteiger charge is -2.24. The minimum atomic E-state index is -3.98. The van der Waals surface area contributed by atoms with E-state index in [1.165, 1.54) is 39.3 Å². The molecule has 0 aliphatic heterocycles. The summed E-state index contributed by atoms with van der Waals surface area (Å²) >= 11 is 0. The molecule has 0 spiro atoms. The second kappa shape index (κ2) is 8.47. The van der Waals surface area contributed by atoms with Gasteiger partial charge in [0.25, 0.3) is 10.0 Å². The standard InChI is InChI=1S/C23H26N2O5S/c1-23(2,3)30-22(27)24(4)15-17-13-21(18-9-6-5-7-10-18)25(16-17)31(28,29)20-12-8-11-19(26)14-20/h5-14,16,26H,15H2,1-4H3. The molecule has 1 amide bonds. The number of aromatic nitrogens is 1. The summed E-state index contributed by atoms with van der Waals surface area (Å²) in [6, 6.07) is 16.4. The van der Waals surface area contributed by atoms with Crippen LogP contribution in [0, 0.1) is 0 Å². The van der Waals surface area contributed by atoms with Gasteiger partial charge in [-0.15, -0.1) is 0 Å². The molecule has 0 unspecified atom stereocenters. The van der Waals surface area contributed by atoms with E-state index in [9.17, 15) is 18.3 Å². The molecule has 0 aliphatic rings. The first-order valence-corrected chi connectivity index (χ1v) is 11.2. The summed E-state index contributed by atoms with van der Waals surface area (Å²) in [5.41, 5.74) is 1.15. The normalized spacial score (nSPS) is 11.9. The lowest BCUT2D eigenvalue weighted by atomic mass is 10.1. The van der Waals surface area contributed by atoms with Gasteiger partial charge in [0.05, 0.1) is 17.1 Å². The van der Waals surface area contributed by atoms with Crippen molar-refractivity contribution < 1.29 is 23.1 Å². The van der Waals surface area contributed by atoms with Gasteiger partial charge in [0, 0.05) is 19.3 Å². The Kier molecular flexibility index (Phi) is 6.13.